The molecule has 1 aliphatic heterocycles. The van der Waals surface area contributed by atoms with Crippen molar-refractivity contribution in [1.82, 2.24) is 24.5 Å². The highest BCUT2D eigenvalue weighted by Crippen LogP contribution is 2.29. The van der Waals surface area contributed by atoms with Gasteiger partial charge in [-0.1, -0.05) is 6.07 Å². The molecule has 3 aromatic heterocycles. The van der Waals surface area contributed by atoms with Gasteiger partial charge in [0.2, 0.25) is 0 Å². The van der Waals surface area contributed by atoms with Crippen LogP contribution in [0.3, 0.4) is 0 Å². The third kappa shape index (κ3) is 3.35. The number of hydrogen-bond donors (Lipinski definition) is 1. The van der Waals surface area contributed by atoms with Gasteiger partial charge < -0.3 is 10.2 Å². The minimum atomic E-state index is 0.523. The Bertz CT molecular complexity index is 849. The number of rotatable bonds is 4. The number of likely N-dealkylation sites (tertiary alicyclic amines) is 1. The Morgan fingerprint density at radius 2 is 2.08 bits per heavy atom. The van der Waals surface area contributed by atoms with E-state index in [0.717, 1.165) is 55.1 Å². The van der Waals surface area contributed by atoms with Gasteiger partial charge in [-0.25, -0.2) is 4.98 Å². The number of hydrogen-bond acceptors (Lipinski definition) is 5. The Labute approximate surface area is 147 Å². The summed E-state index contributed by atoms with van der Waals surface area (Å²) in [6.07, 6.45) is 7.89. The number of piperidine rings is 1. The molecule has 6 nitrogen and oxygen atoms in total. The Hall–Kier alpha value is -2.47. The number of fused-ring (bicyclic) bond motifs is 1. The standard InChI is InChI=1S/C19H24N6/c1-14-11-22-25-18(21-13-15-4-3-7-20-12-15)10-17(23-19(14)25)16-5-8-24(2)9-6-16/h3-4,7,10-12,16,21H,5-6,8-9,13H2,1-2H3. The van der Waals surface area contributed by atoms with Crippen LogP contribution in [-0.4, -0.2) is 44.6 Å². The molecule has 0 saturated carbocycles. The molecule has 25 heavy (non-hydrogen) atoms. The van der Waals surface area contributed by atoms with Crippen molar-refractivity contribution in [2.45, 2.75) is 32.2 Å². The van der Waals surface area contributed by atoms with Crippen molar-refractivity contribution in [3.05, 3.63) is 53.6 Å². The third-order valence-corrected chi connectivity index (χ3v) is 5.00. The number of aromatic nitrogens is 4. The van der Waals surface area contributed by atoms with Crippen molar-refractivity contribution in [3.8, 4) is 0 Å². The van der Waals surface area contributed by atoms with Crippen LogP contribution in [0.5, 0.6) is 0 Å². The minimum Gasteiger partial charge on any atom is -0.366 e. The molecule has 130 valence electrons. The van der Waals surface area contributed by atoms with E-state index in [0.29, 0.717) is 5.92 Å². The molecule has 0 radical (unpaired) electrons. The number of nitrogens with one attached hydrogen (secondary N) is 1. The Kier molecular flexibility index (Phi) is 4.36. The van der Waals surface area contributed by atoms with Crippen LogP contribution in [-0.2, 0) is 6.54 Å². The van der Waals surface area contributed by atoms with Crippen LogP contribution in [0.2, 0.25) is 0 Å². The Morgan fingerprint density at radius 1 is 1.24 bits per heavy atom. The molecule has 0 spiro atoms. The van der Waals surface area contributed by atoms with Gasteiger partial charge in [-0.2, -0.15) is 9.61 Å². The van der Waals surface area contributed by atoms with E-state index in [-0.39, 0.29) is 0 Å². The molecule has 1 saturated heterocycles. The molecule has 6 heteroatoms. The van der Waals surface area contributed by atoms with E-state index in [1.165, 1.54) is 5.69 Å². The Morgan fingerprint density at radius 3 is 2.84 bits per heavy atom. The summed E-state index contributed by atoms with van der Waals surface area (Å²) in [6, 6.07) is 6.21. The van der Waals surface area contributed by atoms with Gasteiger partial charge in [-0.15, -0.1) is 0 Å². The van der Waals surface area contributed by atoms with E-state index >= 15 is 0 Å². The van der Waals surface area contributed by atoms with Crippen molar-refractivity contribution < 1.29 is 0 Å². The largest absolute Gasteiger partial charge is 0.366 e. The van der Waals surface area contributed by atoms with Crippen LogP contribution in [0.1, 0.15) is 35.6 Å². The maximum absolute atomic E-state index is 4.93. The lowest BCUT2D eigenvalue weighted by atomic mass is 9.93. The van der Waals surface area contributed by atoms with Crippen LogP contribution in [0.25, 0.3) is 5.65 Å². The smallest absolute Gasteiger partial charge is 0.160 e. The molecule has 0 aromatic carbocycles. The fourth-order valence-electron chi connectivity index (χ4n) is 3.43. The van der Waals surface area contributed by atoms with Gasteiger partial charge in [-0.05, 0) is 51.5 Å². The van der Waals surface area contributed by atoms with Gasteiger partial charge in [0.25, 0.3) is 0 Å². The number of nitrogens with zero attached hydrogens (tertiary/aromatic N) is 5. The second-order valence-electron chi connectivity index (χ2n) is 6.92. The average Bonchev–Trinajstić information content (AvgIpc) is 3.02. The lowest BCUT2D eigenvalue weighted by molar-refractivity contribution is 0.253. The molecule has 0 atom stereocenters. The quantitative estimate of drug-likeness (QED) is 0.794. The van der Waals surface area contributed by atoms with Crippen LogP contribution < -0.4 is 5.32 Å². The van der Waals surface area contributed by atoms with Crippen LogP contribution >= 0.6 is 0 Å². The fourth-order valence-corrected chi connectivity index (χ4v) is 3.43. The van der Waals surface area contributed by atoms with Crippen molar-refractivity contribution in [1.29, 1.82) is 0 Å². The first kappa shape index (κ1) is 16.0. The SMILES string of the molecule is Cc1cnn2c(NCc3cccnc3)cc(C3CCN(C)CC3)nc12. The summed E-state index contributed by atoms with van der Waals surface area (Å²) in [4.78, 5) is 11.5. The van der Waals surface area contributed by atoms with Crippen molar-refractivity contribution in [3.63, 3.8) is 0 Å². The highest BCUT2D eigenvalue weighted by Gasteiger charge is 2.21. The molecule has 1 fully saturated rings. The van der Waals surface area contributed by atoms with Crippen molar-refractivity contribution in [2.24, 2.45) is 0 Å². The summed E-state index contributed by atoms with van der Waals surface area (Å²) in [5.41, 5.74) is 4.39. The van der Waals surface area contributed by atoms with E-state index in [9.17, 15) is 0 Å². The predicted molar refractivity (Wildman–Crippen MR) is 98.8 cm³/mol. The van der Waals surface area contributed by atoms with E-state index in [1.807, 2.05) is 23.0 Å². The lowest BCUT2D eigenvalue weighted by Crippen LogP contribution is -2.29. The maximum Gasteiger partial charge on any atom is 0.160 e. The number of anilines is 1. The molecular formula is C19H24N6. The molecule has 0 bridgehead atoms. The summed E-state index contributed by atoms with van der Waals surface area (Å²) in [5, 5.41) is 8.01. The van der Waals surface area contributed by atoms with Gasteiger partial charge in [-0.3, -0.25) is 4.98 Å². The topological polar surface area (TPSA) is 58.4 Å². The molecule has 4 rings (SSSR count). The second kappa shape index (κ2) is 6.80. The lowest BCUT2D eigenvalue weighted by Gasteiger charge is -2.28. The van der Waals surface area contributed by atoms with Gasteiger partial charge in [0, 0.05) is 42.2 Å². The summed E-state index contributed by atoms with van der Waals surface area (Å²) < 4.78 is 1.91. The number of aryl methyl sites for hydroxylation is 1. The van der Waals surface area contributed by atoms with Crippen LogP contribution in [0.4, 0.5) is 5.82 Å². The average molecular weight is 336 g/mol. The van der Waals surface area contributed by atoms with Crippen LogP contribution in [0.15, 0.2) is 36.8 Å². The molecule has 0 amide bonds. The van der Waals surface area contributed by atoms with E-state index in [1.54, 1.807) is 6.20 Å². The third-order valence-electron chi connectivity index (χ3n) is 5.00. The zero-order valence-corrected chi connectivity index (χ0v) is 14.8. The van der Waals surface area contributed by atoms with Gasteiger partial charge in [0.15, 0.2) is 5.65 Å². The van der Waals surface area contributed by atoms with Gasteiger partial charge in [0.05, 0.1) is 6.20 Å². The van der Waals surface area contributed by atoms with E-state index < -0.39 is 0 Å². The minimum absolute atomic E-state index is 0.523. The maximum atomic E-state index is 4.93. The number of pyridine rings is 1. The molecule has 1 aliphatic rings. The first-order valence-electron chi connectivity index (χ1n) is 8.87. The summed E-state index contributed by atoms with van der Waals surface area (Å²) in [5.74, 6) is 1.52. The molecule has 3 aromatic rings. The monoisotopic (exact) mass is 336 g/mol. The summed E-state index contributed by atoms with van der Waals surface area (Å²) >= 11 is 0. The van der Waals surface area contributed by atoms with Gasteiger partial charge in [0.1, 0.15) is 5.82 Å². The predicted octanol–water partition coefficient (Wildman–Crippen LogP) is 2.85. The summed E-state index contributed by atoms with van der Waals surface area (Å²) in [7, 11) is 2.19. The molecule has 1 N–H and O–H groups in total. The second-order valence-corrected chi connectivity index (χ2v) is 6.92. The zero-order chi connectivity index (χ0) is 17.2. The first-order valence-corrected chi connectivity index (χ1v) is 8.87. The molecule has 0 aliphatic carbocycles. The Balaban J connectivity index is 1.64. The van der Waals surface area contributed by atoms with E-state index in [4.69, 9.17) is 4.98 Å². The highest BCUT2D eigenvalue weighted by molar-refractivity contribution is 5.54. The normalized spacial score (nSPS) is 16.4. The molecular weight excluding hydrogens is 312 g/mol. The first-order chi connectivity index (χ1) is 12.2. The van der Waals surface area contributed by atoms with Crippen molar-refractivity contribution in [2.75, 3.05) is 25.5 Å². The van der Waals surface area contributed by atoms with Crippen LogP contribution in [0, 0.1) is 6.92 Å². The van der Waals surface area contributed by atoms with Gasteiger partial charge >= 0.3 is 0 Å². The zero-order valence-electron chi connectivity index (χ0n) is 14.8. The van der Waals surface area contributed by atoms with Crippen molar-refractivity contribution >= 4 is 11.5 Å². The fraction of sp³-hybridized carbons (Fsp3) is 0.421. The molecule has 0 unspecified atom stereocenters. The highest BCUT2D eigenvalue weighted by atomic mass is 15.3. The van der Waals surface area contributed by atoms with E-state index in [2.05, 4.69) is 46.4 Å². The molecule has 4 heterocycles. The summed E-state index contributed by atoms with van der Waals surface area (Å²) in [6.45, 7) is 5.06.